The van der Waals surface area contributed by atoms with Crippen molar-refractivity contribution in [3.05, 3.63) is 89.0 Å². The van der Waals surface area contributed by atoms with Crippen LogP contribution in [0.25, 0.3) is 0 Å². The summed E-state index contributed by atoms with van der Waals surface area (Å²) in [6, 6.07) is 21.3. The third kappa shape index (κ3) is 4.69. The Kier molecular flexibility index (Phi) is 5.89. The van der Waals surface area contributed by atoms with E-state index in [2.05, 4.69) is 53.2 Å². The highest BCUT2D eigenvalue weighted by molar-refractivity contribution is 6.07. The number of aryl methyl sites for hydroxylation is 2. The molecule has 0 radical (unpaired) electrons. The van der Waals surface area contributed by atoms with E-state index in [0.29, 0.717) is 12.1 Å². The van der Waals surface area contributed by atoms with Crippen LogP contribution in [0, 0.1) is 13.8 Å². The van der Waals surface area contributed by atoms with Gasteiger partial charge in [0.25, 0.3) is 0 Å². The fourth-order valence-corrected chi connectivity index (χ4v) is 3.86. The lowest BCUT2D eigenvalue weighted by molar-refractivity contribution is 0.252. The number of rotatable bonds is 4. The van der Waals surface area contributed by atoms with Gasteiger partial charge in [0.05, 0.1) is 18.9 Å². The van der Waals surface area contributed by atoms with Gasteiger partial charge in [0.1, 0.15) is 5.75 Å². The number of benzene rings is 3. The molecule has 0 bridgehead atoms. The first kappa shape index (κ1) is 20.5. The van der Waals surface area contributed by atoms with Gasteiger partial charge in [0.2, 0.25) is 0 Å². The number of para-hydroxylation sites is 1. The summed E-state index contributed by atoms with van der Waals surface area (Å²) < 4.78 is 5.14. The smallest absolute Gasteiger partial charge is 0.339 e. The predicted molar refractivity (Wildman–Crippen MR) is 125 cm³/mol. The molecule has 0 aromatic heterocycles. The first-order valence-corrected chi connectivity index (χ1v) is 10.2. The van der Waals surface area contributed by atoms with Gasteiger partial charge < -0.3 is 15.4 Å². The van der Waals surface area contributed by atoms with E-state index in [4.69, 9.17) is 4.74 Å². The molecule has 0 fully saturated rings. The fraction of sp³-hybridized carbons (Fsp3) is 0.200. The lowest BCUT2D eigenvalue weighted by Crippen LogP contribution is -2.29. The maximum absolute atomic E-state index is 12.4. The molecule has 0 spiro atoms. The second-order valence-electron chi connectivity index (χ2n) is 7.66. The lowest BCUT2D eigenvalue weighted by Gasteiger charge is -2.29. The molecule has 6 heteroatoms. The number of carbonyl (C=O) groups excluding carboxylic acids is 1. The van der Waals surface area contributed by atoms with Gasteiger partial charge in [-0.25, -0.2) is 10.2 Å². The van der Waals surface area contributed by atoms with Crippen molar-refractivity contribution >= 4 is 23.1 Å². The molecule has 2 amide bonds. The van der Waals surface area contributed by atoms with E-state index in [1.807, 2.05) is 24.3 Å². The van der Waals surface area contributed by atoms with E-state index in [-0.39, 0.29) is 6.04 Å². The molecule has 158 valence electrons. The van der Waals surface area contributed by atoms with Crippen molar-refractivity contribution in [2.24, 2.45) is 5.10 Å². The van der Waals surface area contributed by atoms with Crippen molar-refractivity contribution in [2.45, 2.75) is 26.3 Å². The molecular weight excluding hydrogens is 388 g/mol. The third-order valence-corrected chi connectivity index (χ3v) is 5.41. The number of hydrogen-bond donors (Lipinski definition) is 3. The largest absolute Gasteiger partial charge is 0.497 e. The maximum atomic E-state index is 12.4. The number of hydrazone groups is 1. The van der Waals surface area contributed by atoms with Crippen molar-refractivity contribution in [3.8, 4) is 5.75 Å². The van der Waals surface area contributed by atoms with E-state index in [1.165, 1.54) is 16.7 Å². The molecule has 4 rings (SSSR count). The van der Waals surface area contributed by atoms with Crippen LogP contribution in [0.5, 0.6) is 5.75 Å². The van der Waals surface area contributed by atoms with Gasteiger partial charge in [-0.05, 0) is 55.3 Å². The Labute approximate surface area is 182 Å². The fourth-order valence-electron chi connectivity index (χ4n) is 3.86. The Morgan fingerprint density at radius 1 is 1.06 bits per heavy atom. The second-order valence-corrected chi connectivity index (χ2v) is 7.66. The zero-order chi connectivity index (χ0) is 21.8. The summed E-state index contributed by atoms with van der Waals surface area (Å²) >= 11 is 0. The van der Waals surface area contributed by atoms with Crippen molar-refractivity contribution in [3.63, 3.8) is 0 Å². The minimum absolute atomic E-state index is 0.0840. The zero-order valence-corrected chi connectivity index (χ0v) is 17.9. The molecule has 1 unspecified atom stereocenters. The normalized spacial score (nSPS) is 16.2. The minimum Gasteiger partial charge on any atom is -0.497 e. The van der Waals surface area contributed by atoms with Crippen LogP contribution in [0.1, 0.15) is 34.7 Å². The average molecular weight is 415 g/mol. The molecule has 0 aliphatic carbocycles. The number of nitrogens with one attached hydrogen (secondary N) is 3. The number of urea groups is 1. The predicted octanol–water partition coefficient (Wildman–Crippen LogP) is 5.39. The van der Waals surface area contributed by atoms with Crippen LogP contribution in [-0.4, -0.2) is 18.9 Å². The van der Waals surface area contributed by atoms with E-state index in [9.17, 15) is 4.79 Å². The van der Waals surface area contributed by atoms with Crippen LogP contribution >= 0.6 is 0 Å². The summed E-state index contributed by atoms with van der Waals surface area (Å²) in [6.45, 7) is 4.22. The number of anilines is 2. The summed E-state index contributed by atoms with van der Waals surface area (Å²) in [4.78, 5) is 12.4. The standard InChI is InChI=1S/C25H26N4O2/c1-16-8-13-20(17(2)14-16)23-15-24(21-6-4-5-7-22(21)27-23)28-29-25(30)26-18-9-11-19(31-3)12-10-18/h4-14,23,27H,15H2,1-3H3,(H2,26,29,30). The monoisotopic (exact) mass is 414 g/mol. The number of amides is 2. The molecular formula is C25H26N4O2. The molecule has 1 atom stereocenters. The summed E-state index contributed by atoms with van der Waals surface area (Å²) in [7, 11) is 1.60. The van der Waals surface area contributed by atoms with Crippen molar-refractivity contribution in [1.29, 1.82) is 0 Å². The van der Waals surface area contributed by atoms with E-state index < -0.39 is 6.03 Å². The number of hydrogen-bond acceptors (Lipinski definition) is 4. The number of nitrogens with zero attached hydrogens (tertiary/aromatic N) is 1. The highest BCUT2D eigenvalue weighted by Gasteiger charge is 2.25. The summed E-state index contributed by atoms with van der Waals surface area (Å²) in [5.41, 5.74) is 9.86. The number of ether oxygens (including phenoxy) is 1. The maximum Gasteiger partial charge on any atom is 0.339 e. The molecule has 0 saturated carbocycles. The summed E-state index contributed by atoms with van der Waals surface area (Å²) in [6.07, 6.45) is 0.670. The van der Waals surface area contributed by atoms with Gasteiger partial charge in [-0.3, -0.25) is 0 Å². The Hall–Kier alpha value is -3.80. The number of carbonyl (C=O) groups is 1. The van der Waals surface area contributed by atoms with E-state index in [0.717, 1.165) is 22.7 Å². The Morgan fingerprint density at radius 2 is 1.84 bits per heavy atom. The molecule has 3 N–H and O–H groups in total. The molecule has 1 aliphatic heterocycles. The Balaban J connectivity index is 1.53. The van der Waals surface area contributed by atoms with Gasteiger partial charge in [0, 0.05) is 23.4 Å². The first-order chi connectivity index (χ1) is 15.0. The van der Waals surface area contributed by atoms with Crippen LogP contribution in [0.4, 0.5) is 16.2 Å². The second kappa shape index (κ2) is 8.92. The lowest BCUT2D eigenvalue weighted by atomic mass is 9.89. The van der Waals surface area contributed by atoms with Gasteiger partial charge in [0.15, 0.2) is 0 Å². The zero-order valence-electron chi connectivity index (χ0n) is 17.9. The van der Waals surface area contributed by atoms with Crippen LogP contribution in [0.3, 0.4) is 0 Å². The molecule has 31 heavy (non-hydrogen) atoms. The van der Waals surface area contributed by atoms with Gasteiger partial charge >= 0.3 is 6.03 Å². The number of fused-ring (bicyclic) bond motifs is 1. The van der Waals surface area contributed by atoms with Crippen LogP contribution in [0.2, 0.25) is 0 Å². The van der Waals surface area contributed by atoms with Gasteiger partial charge in [-0.2, -0.15) is 5.10 Å². The Morgan fingerprint density at radius 3 is 2.58 bits per heavy atom. The van der Waals surface area contributed by atoms with Crippen LogP contribution in [-0.2, 0) is 0 Å². The Bertz CT molecular complexity index is 1120. The van der Waals surface area contributed by atoms with Crippen LogP contribution in [0.15, 0.2) is 71.8 Å². The van der Waals surface area contributed by atoms with Gasteiger partial charge in [-0.15, -0.1) is 0 Å². The quantitative estimate of drug-likeness (QED) is 0.501. The van der Waals surface area contributed by atoms with Crippen molar-refractivity contribution < 1.29 is 9.53 Å². The average Bonchev–Trinajstić information content (AvgIpc) is 2.78. The van der Waals surface area contributed by atoms with Gasteiger partial charge in [-0.1, -0.05) is 42.0 Å². The van der Waals surface area contributed by atoms with Crippen molar-refractivity contribution in [1.82, 2.24) is 5.43 Å². The first-order valence-electron chi connectivity index (χ1n) is 10.2. The minimum atomic E-state index is -0.392. The van der Waals surface area contributed by atoms with Crippen molar-refractivity contribution in [2.75, 3.05) is 17.7 Å². The molecule has 3 aromatic rings. The highest BCUT2D eigenvalue weighted by Crippen LogP contribution is 2.34. The van der Waals surface area contributed by atoms with Crippen LogP contribution < -0.4 is 20.8 Å². The molecule has 3 aromatic carbocycles. The SMILES string of the molecule is COc1ccc(NC(=O)NN=C2CC(c3ccc(C)cc3C)Nc3ccccc32)cc1. The summed E-state index contributed by atoms with van der Waals surface area (Å²) in [5.74, 6) is 0.731. The molecule has 1 aliphatic rings. The van der Waals surface area contributed by atoms with E-state index in [1.54, 1.807) is 31.4 Å². The number of methoxy groups -OCH3 is 1. The summed E-state index contributed by atoms with van der Waals surface area (Å²) in [5, 5.41) is 10.9. The third-order valence-electron chi connectivity index (χ3n) is 5.41. The van der Waals surface area contributed by atoms with E-state index >= 15 is 0 Å². The molecule has 1 heterocycles. The molecule has 6 nitrogen and oxygen atoms in total. The highest BCUT2D eigenvalue weighted by atomic mass is 16.5. The molecule has 0 saturated heterocycles. The topological polar surface area (TPSA) is 74.8 Å².